The van der Waals surface area contributed by atoms with E-state index < -0.39 is 0 Å². The minimum Gasteiger partial charge on any atom is -0.304 e. The van der Waals surface area contributed by atoms with E-state index in [4.69, 9.17) is 0 Å². The van der Waals surface area contributed by atoms with Gasteiger partial charge in [0.25, 0.3) is 0 Å². The van der Waals surface area contributed by atoms with Crippen molar-refractivity contribution in [2.45, 2.75) is 33.2 Å². The molecule has 1 aliphatic rings. The van der Waals surface area contributed by atoms with E-state index in [-0.39, 0.29) is 0 Å². The topological polar surface area (TPSA) is 32.3 Å². The normalized spacial score (nSPS) is 18.5. The van der Waals surface area contributed by atoms with E-state index in [2.05, 4.69) is 47.6 Å². The van der Waals surface area contributed by atoms with E-state index in [1.54, 1.807) is 0 Å². The standard InChI is InChI=1S/C14H24N4/c1-11(2)13-9-15-14(16-12(13)3)10-18-7-5-17(4)6-8-18/h9,11H,5-8,10H2,1-4H3. The molecule has 1 aromatic rings. The van der Waals surface area contributed by atoms with Crippen molar-refractivity contribution in [3.05, 3.63) is 23.3 Å². The Bertz CT molecular complexity index is 395. The summed E-state index contributed by atoms with van der Waals surface area (Å²) in [5.41, 5.74) is 2.39. The molecule has 0 aliphatic carbocycles. The molecule has 1 aliphatic heterocycles. The first kappa shape index (κ1) is 13.4. The van der Waals surface area contributed by atoms with Gasteiger partial charge in [-0.25, -0.2) is 9.97 Å². The molecule has 1 aromatic heterocycles. The largest absolute Gasteiger partial charge is 0.304 e. The molecule has 0 amide bonds. The molecule has 0 N–H and O–H groups in total. The summed E-state index contributed by atoms with van der Waals surface area (Å²) in [4.78, 5) is 13.9. The number of hydrogen-bond donors (Lipinski definition) is 0. The highest BCUT2D eigenvalue weighted by Gasteiger charge is 2.15. The van der Waals surface area contributed by atoms with Gasteiger partial charge in [0.1, 0.15) is 5.82 Å². The second-order valence-electron chi connectivity index (χ2n) is 5.56. The van der Waals surface area contributed by atoms with Gasteiger partial charge in [-0.3, -0.25) is 4.90 Å². The molecule has 18 heavy (non-hydrogen) atoms. The highest BCUT2D eigenvalue weighted by molar-refractivity contribution is 5.19. The summed E-state index contributed by atoms with van der Waals surface area (Å²) in [6.45, 7) is 11.9. The predicted octanol–water partition coefficient (Wildman–Crippen LogP) is 1.66. The Morgan fingerprint density at radius 2 is 1.89 bits per heavy atom. The maximum atomic E-state index is 4.64. The zero-order chi connectivity index (χ0) is 13.1. The van der Waals surface area contributed by atoms with Crippen molar-refractivity contribution in [3.63, 3.8) is 0 Å². The molecule has 0 aromatic carbocycles. The van der Waals surface area contributed by atoms with E-state index in [1.807, 2.05) is 6.20 Å². The Hall–Kier alpha value is -1.00. The summed E-state index contributed by atoms with van der Waals surface area (Å²) < 4.78 is 0. The van der Waals surface area contributed by atoms with E-state index in [9.17, 15) is 0 Å². The molecule has 0 saturated carbocycles. The monoisotopic (exact) mass is 248 g/mol. The van der Waals surface area contributed by atoms with Crippen molar-refractivity contribution in [1.29, 1.82) is 0 Å². The van der Waals surface area contributed by atoms with Gasteiger partial charge in [-0.2, -0.15) is 0 Å². The fourth-order valence-corrected chi connectivity index (χ4v) is 2.37. The molecule has 4 heteroatoms. The predicted molar refractivity (Wildman–Crippen MR) is 73.6 cm³/mol. The van der Waals surface area contributed by atoms with Crippen molar-refractivity contribution in [3.8, 4) is 0 Å². The Morgan fingerprint density at radius 3 is 2.44 bits per heavy atom. The van der Waals surface area contributed by atoms with Gasteiger partial charge >= 0.3 is 0 Å². The second-order valence-corrected chi connectivity index (χ2v) is 5.56. The van der Waals surface area contributed by atoms with E-state index in [0.717, 1.165) is 44.2 Å². The first-order valence-electron chi connectivity index (χ1n) is 6.79. The zero-order valence-electron chi connectivity index (χ0n) is 12.0. The number of piperazine rings is 1. The summed E-state index contributed by atoms with van der Waals surface area (Å²) in [6.07, 6.45) is 2.00. The van der Waals surface area contributed by atoms with Crippen molar-refractivity contribution in [1.82, 2.24) is 19.8 Å². The summed E-state index contributed by atoms with van der Waals surface area (Å²) in [5, 5.41) is 0. The van der Waals surface area contributed by atoms with E-state index >= 15 is 0 Å². The molecule has 0 radical (unpaired) electrons. The lowest BCUT2D eigenvalue weighted by Crippen LogP contribution is -2.44. The van der Waals surface area contributed by atoms with Crippen LogP contribution in [-0.4, -0.2) is 53.0 Å². The van der Waals surface area contributed by atoms with Crippen LogP contribution in [0.3, 0.4) is 0 Å². The van der Waals surface area contributed by atoms with Crippen molar-refractivity contribution in [2.75, 3.05) is 33.2 Å². The van der Waals surface area contributed by atoms with Crippen LogP contribution < -0.4 is 0 Å². The smallest absolute Gasteiger partial charge is 0.142 e. The number of nitrogens with zero attached hydrogens (tertiary/aromatic N) is 4. The van der Waals surface area contributed by atoms with E-state index in [0.29, 0.717) is 5.92 Å². The van der Waals surface area contributed by atoms with Gasteiger partial charge in [0.15, 0.2) is 0 Å². The lowest BCUT2D eigenvalue weighted by molar-refractivity contribution is 0.145. The van der Waals surface area contributed by atoms with Gasteiger partial charge in [-0.15, -0.1) is 0 Å². The van der Waals surface area contributed by atoms with Crippen LogP contribution >= 0.6 is 0 Å². The fourth-order valence-electron chi connectivity index (χ4n) is 2.37. The molecule has 0 unspecified atom stereocenters. The average Bonchev–Trinajstić information content (AvgIpc) is 2.32. The van der Waals surface area contributed by atoms with Gasteiger partial charge in [0.2, 0.25) is 0 Å². The first-order chi connectivity index (χ1) is 8.56. The molecule has 1 saturated heterocycles. The second kappa shape index (κ2) is 5.76. The van der Waals surface area contributed by atoms with Crippen LogP contribution in [0.25, 0.3) is 0 Å². The van der Waals surface area contributed by atoms with E-state index in [1.165, 1.54) is 5.56 Å². The SMILES string of the molecule is Cc1nc(CN2CCN(C)CC2)ncc1C(C)C. The van der Waals surface area contributed by atoms with Gasteiger partial charge in [-0.1, -0.05) is 13.8 Å². The summed E-state index contributed by atoms with van der Waals surface area (Å²) in [7, 11) is 2.18. The summed E-state index contributed by atoms with van der Waals surface area (Å²) in [5.74, 6) is 1.46. The highest BCUT2D eigenvalue weighted by Crippen LogP contribution is 2.16. The quantitative estimate of drug-likeness (QED) is 0.814. The van der Waals surface area contributed by atoms with Gasteiger partial charge in [-0.05, 0) is 25.5 Å². The molecule has 4 nitrogen and oxygen atoms in total. The molecular formula is C14H24N4. The first-order valence-corrected chi connectivity index (χ1v) is 6.79. The molecular weight excluding hydrogens is 224 g/mol. The molecule has 2 rings (SSSR count). The van der Waals surface area contributed by atoms with Crippen LogP contribution in [0.5, 0.6) is 0 Å². The Morgan fingerprint density at radius 1 is 1.22 bits per heavy atom. The van der Waals surface area contributed by atoms with Crippen LogP contribution in [0.2, 0.25) is 0 Å². The summed E-state index contributed by atoms with van der Waals surface area (Å²) in [6, 6.07) is 0. The number of hydrogen-bond acceptors (Lipinski definition) is 4. The number of aromatic nitrogens is 2. The van der Waals surface area contributed by atoms with Crippen molar-refractivity contribution < 1.29 is 0 Å². The third-order valence-corrected chi connectivity index (χ3v) is 3.65. The van der Waals surface area contributed by atoms with Crippen LogP contribution in [0, 0.1) is 6.92 Å². The minimum atomic E-state index is 0.502. The minimum absolute atomic E-state index is 0.502. The van der Waals surface area contributed by atoms with Crippen molar-refractivity contribution in [2.24, 2.45) is 0 Å². The maximum Gasteiger partial charge on any atom is 0.142 e. The van der Waals surface area contributed by atoms with Gasteiger partial charge < -0.3 is 4.90 Å². The molecule has 100 valence electrons. The maximum absolute atomic E-state index is 4.64. The van der Waals surface area contributed by atoms with Crippen LogP contribution in [0.15, 0.2) is 6.20 Å². The number of aryl methyl sites for hydroxylation is 1. The molecule has 0 atom stereocenters. The number of rotatable bonds is 3. The lowest BCUT2D eigenvalue weighted by Gasteiger charge is -2.31. The Kier molecular flexibility index (Phi) is 4.30. The molecule has 1 fully saturated rings. The Balaban J connectivity index is 2.00. The third kappa shape index (κ3) is 3.27. The molecule has 0 bridgehead atoms. The van der Waals surface area contributed by atoms with Crippen LogP contribution in [-0.2, 0) is 6.54 Å². The Labute approximate surface area is 110 Å². The van der Waals surface area contributed by atoms with Gasteiger partial charge in [0.05, 0.1) is 6.54 Å². The lowest BCUT2D eigenvalue weighted by atomic mass is 10.0. The number of likely N-dealkylation sites (N-methyl/N-ethyl adjacent to an activating group) is 1. The highest BCUT2D eigenvalue weighted by atomic mass is 15.3. The van der Waals surface area contributed by atoms with Gasteiger partial charge in [0, 0.05) is 38.1 Å². The fraction of sp³-hybridized carbons (Fsp3) is 0.714. The van der Waals surface area contributed by atoms with Crippen LogP contribution in [0.1, 0.15) is 36.8 Å². The zero-order valence-corrected chi connectivity index (χ0v) is 12.0. The third-order valence-electron chi connectivity index (χ3n) is 3.65. The average molecular weight is 248 g/mol. The van der Waals surface area contributed by atoms with Crippen molar-refractivity contribution >= 4 is 0 Å². The van der Waals surface area contributed by atoms with Crippen LogP contribution in [0.4, 0.5) is 0 Å². The molecule has 0 spiro atoms. The molecule has 2 heterocycles. The summed E-state index contributed by atoms with van der Waals surface area (Å²) >= 11 is 0.